The number of rotatable bonds is 10. The van der Waals surface area contributed by atoms with Gasteiger partial charge in [-0.15, -0.1) is 0 Å². The van der Waals surface area contributed by atoms with Gasteiger partial charge in [0.15, 0.2) is 11.5 Å². The van der Waals surface area contributed by atoms with Crippen LogP contribution in [0.25, 0.3) is 0 Å². The lowest BCUT2D eigenvalue weighted by Gasteiger charge is -2.30. The molecule has 1 amide bonds. The van der Waals surface area contributed by atoms with E-state index in [0.29, 0.717) is 41.9 Å². The number of carbonyl (C=O) groups excluding carboxylic acids is 1. The third-order valence-corrected chi connectivity index (χ3v) is 5.76. The van der Waals surface area contributed by atoms with E-state index in [1.165, 1.54) is 0 Å². The van der Waals surface area contributed by atoms with E-state index in [-0.39, 0.29) is 11.9 Å². The molecule has 30 heavy (non-hydrogen) atoms. The molecule has 0 heterocycles. The zero-order valence-corrected chi connectivity index (χ0v) is 18.7. The highest BCUT2D eigenvalue weighted by Gasteiger charge is 2.33. The van der Waals surface area contributed by atoms with Gasteiger partial charge in [-0.2, -0.15) is 0 Å². The molecule has 0 aromatic heterocycles. The summed E-state index contributed by atoms with van der Waals surface area (Å²) >= 11 is 6.40. The number of hydrogen-bond donors (Lipinski definition) is 1. The molecule has 1 aliphatic carbocycles. The van der Waals surface area contributed by atoms with E-state index < -0.39 is 0 Å². The number of methoxy groups -OCH3 is 3. The molecule has 0 radical (unpaired) electrons. The molecule has 3 rings (SSSR count). The first-order valence-corrected chi connectivity index (χ1v) is 10.5. The molecule has 1 aliphatic rings. The van der Waals surface area contributed by atoms with Crippen molar-refractivity contribution in [1.82, 2.24) is 4.90 Å². The average molecular weight is 433 g/mol. The molecule has 1 N–H and O–H groups in total. The van der Waals surface area contributed by atoms with Gasteiger partial charge >= 0.3 is 0 Å². The van der Waals surface area contributed by atoms with Gasteiger partial charge in [0.25, 0.3) is 0 Å². The fourth-order valence-corrected chi connectivity index (χ4v) is 3.99. The van der Waals surface area contributed by atoms with Gasteiger partial charge in [-0.3, -0.25) is 9.69 Å². The summed E-state index contributed by atoms with van der Waals surface area (Å²) in [6.07, 6.45) is 2.69. The Morgan fingerprint density at radius 1 is 1.13 bits per heavy atom. The number of anilines is 1. The number of nitrogens with zero attached hydrogens (tertiary/aromatic N) is 1. The zero-order chi connectivity index (χ0) is 21.7. The Kier molecular flexibility index (Phi) is 7.45. The fraction of sp³-hybridized carbons (Fsp3) is 0.435. The third-order valence-electron chi connectivity index (χ3n) is 5.41. The minimum Gasteiger partial charge on any atom is -0.493 e. The van der Waals surface area contributed by atoms with Crippen LogP contribution in [0.1, 0.15) is 37.8 Å². The van der Waals surface area contributed by atoms with Crippen LogP contribution < -0.4 is 19.5 Å². The summed E-state index contributed by atoms with van der Waals surface area (Å²) < 4.78 is 16.0. The van der Waals surface area contributed by atoms with Crippen molar-refractivity contribution < 1.29 is 19.0 Å². The summed E-state index contributed by atoms with van der Waals surface area (Å²) in [7, 11) is 4.64. The van der Waals surface area contributed by atoms with Gasteiger partial charge in [0.1, 0.15) is 0 Å². The van der Waals surface area contributed by atoms with Crippen LogP contribution >= 0.6 is 11.6 Å². The Balaban J connectivity index is 1.66. The number of benzene rings is 2. The predicted molar refractivity (Wildman–Crippen MR) is 119 cm³/mol. The minimum absolute atomic E-state index is 0.0683. The Hall–Kier alpha value is -2.44. The Morgan fingerprint density at radius 2 is 1.77 bits per heavy atom. The van der Waals surface area contributed by atoms with E-state index in [9.17, 15) is 4.79 Å². The third kappa shape index (κ3) is 5.18. The highest BCUT2D eigenvalue weighted by atomic mass is 35.5. The lowest BCUT2D eigenvalue weighted by Crippen LogP contribution is -2.32. The molecule has 1 atom stereocenters. The number of amides is 1. The van der Waals surface area contributed by atoms with Gasteiger partial charge in [-0.05, 0) is 31.4 Å². The van der Waals surface area contributed by atoms with E-state index in [0.717, 1.165) is 23.4 Å². The van der Waals surface area contributed by atoms with Gasteiger partial charge in [0, 0.05) is 47.9 Å². The number of carbonyl (C=O) groups is 1. The zero-order valence-electron chi connectivity index (χ0n) is 17.9. The number of ether oxygens (including phenoxy) is 3. The maximum Gasteiger partial charge on any atom is 0.225 e. The van der Waals surface area contributed by atoms with Crippen LogP contribution in [0, 0.1) is 0 Å². The van der Waals surface area contributed by atoms with Gasteiger partial charge in [0.2, 0.25) is 11.7 Å². The van der Waals surface area contributed by atoms with Crippen molar-refractivity contribution in [2.75, 3.05) is 33.2 Å². The second kappa shape index (κ2) is 10.0. The number of nitrogens with one attached hydrogen (secondary N) is 1. The molecule has 2 aromatic rings. The van der Waals surface area contributed by atoms with Crippen molar-refractivity contribution in [3.05, 3.63) is 47.0 Å². The van der Waals surface area contributed by atoms with Crippen molar-refractivity contribution in [3.63, 3.8) is 0 Å². The van der Waals surface area contributed by atoms with Crippen LogP contribution in [0.15, 0.2) is 36.4 Å². The van der Waals surface area contributed by atoms with Crippen molar-refractivity contribution in [2.45, 2.75) is 38.3 Å². The molecule has 2 aromatic carbocycles. The van der Waals surface area contributed by atoms with Crippen LogP contribution in [0.2, 0.25) is 5.02 Å². The Labute approximate surface area is 183 Å². The lowest BCUT2D eigenvalue weighted by atomic mass is 10.1. The van der Waals surface area contributed by atoms with Gasteiger partial charge in [-0.1, -0.05) is 29.8 Å². The Bertz CT molecular complexity index is 860. The number of halogens is 1. The smallest absolute Gasteiger partial charge is 0.225 e. The monoisotopic (exact) mass is 432 g/mol. The molecule has 1 fully saturated rings. The standard InChI is InChI=1S/C23H29ClN2O4/c1-15(18-7-5-6-8-19(18)24)26(17-9-10-17)12-11-22(27)25-16-13-20(28-2)23(30-4)21(14-16)29-3/h5-8,13-15,17H,9-12H2,1-4H3,(H,25,27). The molecule has 7 heteroatoms. The highest BCUT2D eigenvalue weighted by Crippen LogP contribution is 2.40. The fourth-order valence-electron chi connectivity index (χ4n) is 3.70. The first kappa shape index (κ1) is 22.2. The van der Waals surface area contributed by atoms with Crippen LogP contribution in [0.5, 0.6) is 17.2 Å². The van der Waals surface area contributed by atoms with Crippen LogP contribution in [0.3, 0.4) is 0 Å². The van der Waals surface area contributed by atoms with Crippen LogP contribution in [-0.2, 0) is 4.79 Å². The normalized spacial score (nSPS) is 14.3. The van der Waals surface area contributed by atoms with Crippen molar-refractivity contribution >= 4 is 23.2 Å². The molecule has 0 aliphatic heterocycles. The first-order chi connectivity index (χ1) is 14.5. The molecule has 162 valence electrons. The van der Waals surface area contributed by atoms with Crippen molar-refractivity contribution in [1.29, 1.82) is 0 Å². The van der Waals surface area contributed by atoms with Crippen LogP contribution in [-0.4, -0.2) is 44.7 Å². The summed E-state index contributed by atoms with van der Waals surface area (Å²) in [5.74, 6) is 1.42. The minimum atomic E-state index is -0.0683. The van der Waals surface area contributed by atoms with Crippen molar-refractivity contribution in [2.24, 2.45) is 0 Å². The summed E-state index contributed by atoms with van der Waals surface area (Å²) in [6.45, 7) is 2.81. The van der Waals surface area contributed by atoms with E-state index in [1.807, 2.05) is 18.2 Å². The molecule has 1 saturated carbocycles. The number of hydrogen-bond acceptors (Lipinski definition) is 5. The summed E-state index contributed by atoms with van der Waals surface area (Å²) in [6, 6.07) is 12.0. The molecular formula is C23H29ClN2O4. The summed E-state index contributed by atoms with van der Waals surface area (Å²) in [4.78, 5) is 15.0. The maximum absolute atomic E-state index is 12.7. The summed E-state index contributed by atoms with van der Waals surface area (Å²) in [5, 5.41) is 3.70. The van der Waals surface area contributed by atoms with Gasteiger partial charge in [-0.25, -0.2) is 0 Å². The largest absolute Gasteiger partial charge is 0.493 e. The quantitative estimate of drug-likeness (QED) is 0.577. The topological polar surface area (TPSA) is 60.0 Å². The van der Waals surface area contributed by atoms with Crippen LogP contribution in [0.4, 0.5) is 5.69 Å². The Morgan fingerprint density at radius 3 is 2.30 bits per heavy atom. The SMILES string of the molecule is COc1cc(NC(=O)CCN(C2CC2)C(C)c2ccccc2Cl)cc(OC)c1OC. The van der Waals surface area contributed by atoms with Gasteiger partial charge in [0.05, 0.1) is 21.3 Å². The highest BCUT2D eigenvalue weighted by molar-refractivity contribution is 6.31. The first-order valence-electron chi connectivity index (χ1n) is 10.1. The maximum atomic E-state index is 12.7. The van der Waals surface area contributed by atoms with E-state index in [2.05, 4.69) is 23.2 Å². The van der Waals surface area contributed by atoms with Crippen molar-refractivity contribution in [3.8, 4) is 17.2 Å². The van der Waals surface area contributed by atoms with E-state index in [4.69, 9.17) is 25.8 Å². The van der Waals surface area contributed by atoms with Gasteiger partial charge < -0.3 is 19.5 Å². The second-order valence-corrected chi connectivity index (χ2v) is 7.79. The molecular weight excluding hydrogens is 404 g/mol. The predicted octanol–water partition coefficient (Wildman–Crippen LogP) is 4.92. The second-order valence-electron chi connectivity index (χ2n) is 7.38. The molecule has 0 saturated heterocycles. The molecule has 6 nitrogen and oxygen atoms in total. The summed E-state index contributed by atoms with van der Waals surface area (Å²) in [5.41, 5.74) is 1.70. The lowest BCUT2D eigenvalue weighted by molar-refractivity contribution is -0.116. The molecule has 0 bridgehead atoms. The van der Waals surface area contributed by atoms with E-state index >= 15 is 0 Å². The average Bonchev–Trinajstić information content (AvgIpc) is 3.58. The van der Waals surface area contributed by atoms with E-state index in [1.54, 1.807) is 33.5 Å². The molecule has 0 spiro atoms. The molecule has 1 unspecified atom stereocenters.